The standard InChI is InChI=1S/C15H24N2O/c1-12(2)6-4-5-7-14-8-9-15(13(3)10-14)16-11-17-18/h8-12,18H,4-7H2,1-3H3,(H,16,17). The van der Waals surface area contributed by atoms with Crippen molar-refractivity contribution in [2.75, 3.05) is 0 Å². The minimum Gasteiger partial charge on any atom is -0.290 e. The summed E-state index contributed by atoms with van der Waals surface area (Å²) in [4.78, 5) is 4.10. The van der Waals surface area contributed by atoms with Crippen molar-refractivity contribution in [3.05, 3.63) is 29.3 Å². The number of hydroxylamine groups is 1. The fourth-order valence-corrected chi connectivity index (χ4v) is 2.00. The Morgan fingerprint density at radius 3 is 2.72 bits per heavy atom. The number of nitrogens with one attached hydrogen (secondary N) is 1. The maximum absolute atomic E-state index is 8.46. The zero-order valence-electron chi connectivity index (χ0n) is 11.6. The summed E-state index contributed by atoms with van der Waals surface area (Å²) in [6.07, 6.45) is 6.27. The molecule has 3 heteroatoms. The number of hydrogen-bond acceptors (Lipinski definition) is 2. The Bertz CT molecular complexity index is 386. The van der Waals surface area contributed by atoms with Crippen LogP contribution in [-0.4, -0.2) is 11.5 Å². The molecule has 0 saturated heterocycles. The summed E-state index contributed by atoms with van der Waals surface area (Å²) < 4.78 is 0. The van der Waals surface area contributed by atoms with Crippen LogP contribution in [0.3, 0.4) is 0 Å². The van der Waals surface area contributed by atoms with Crippen LogP contribution in [-0.2, 0) is 6.42 Å². The predicted molar refractivity (Wildman–Crippen MR) is 76.6 cm³/mol. The quantitative estimate of drug-likeness (QED) is 0.331. The van der Waals surface area contributed by atoms with Crippen LogP contribution in [0.2, 0.25) is 0 Å². The van der Waals surface area contributed by atoms with E-state index in [4.69, 9.17) is 5.21 Å². The van der Waals surface area contributed by atoms with Gasteiger partial charge in [0, 0.05) is 0 Å². The van der Waals surface area contributed by atoms with Crippen molar-refractivity contribution < 1.29 is 5.21 Å². The minimum absolute atomic E-state index is 0.800. The number of benzene rings is 1. The van der Waals surface area contributed by atoms with Crippen LogP contribution in [0.5, 0.6) is 0 Å². The molecule has 0 amide bonds. The fraction of sp³-hybridized carbons (Fsp3) is 0.533. The number of rotatable bonds is 7. The highest BCUT2D eigenvalue weighted by molar-refractivity contribution is 5.61. The summed E-state index contributed by atoms with van der Waals surface area (Å²) in [6, 6.07) is 6.30. The van der Waals surface area contributed by atoms with Gasteiger partial charge in [0.2, 0.25) is 0 Å². The van der Waals surface area contributed by atoms with E-state index in [9.17, 15) is 0 Å². The maximum atomic E-state index is 8.46. The molecule has 0 unspecified atom stereocenters. The Hall–Kier alpha value is -1.35. The van der Waals surface area contributed by atoms with Crippen molar-refractivity contribution in [2.45, 2.75) is 46.5 Å². The topological polar surface area (TPSA) is 44.6 Å². The minimum atomic E-state index is 0.800. The third kappa shape index (κ3) is 5.32. The second-order valence-electron chi connectivity index (χ2n) is 5.15. The third-order valence-electron chi connectivity index (χ3n) is 3.02. The molecule has 1 aromatic carbocycles. The molecule has 0 spiro atoms. The second-order valence-corrected chi connectivity index (χ2v) is 5.15. The van der Waals surface area contributed by atoms with E-state index in [2.05, 4.69) is 31.0 Å². The molecule has 0 radical (unpaired) electrons. The monoisotopic (exact) mass is 248 g/mol. The smallest absolute Gasteiger partial charge is 0.113 e. The molecule has 0 heterocycles. The predicted octanol–water partition coefficient (Wildman–Crippen LogP) is 4.00. The second kappa shape index (κ2) is 7.88. The largest absolute Gasteiger partial charge is 0.290 e. The van der Waals surface area contributed by atoms with Crippen LogP contribution in [0.1, 0.15) is 44.2 Å². The average molecular weight is 248 g/mol. The summed E-state index contributed by atoms with van der Waals surface area (Å²) in [5.41, 5.74) is 5.32. The molecule has 0 fully saturated rings. The number of nitrogens with zero attached hydrogens (tertiary/aromatic N) is 1. The molecule has 0 bridgehead atoms. The van der Waals surface area contributed by atoms with Gasteiger partial charge in [-0.3, -0.25) is 10.7 Å². The first kappa shape index (κ1) is 14.7. The van der Waals surface area contributed by atoms with E-state index in [-0.39, 0.29) is 0 Å². The lowest BCUT2D eigenvalue weighted by Crippen LogP contribution is -2.01. The highest BCUT2D eigenvalue weighted by atomic mass is 16.5. The van der Waals surface area contributed by atoms with E-state index in [0.29, 0.717) is 0 Å². The fourth-order valence-electron chi connectivity index (χ4n) is 2.00. The van der Waals surface area contributed by atoms with Crippen LogP contribution in [0.25, 0.3) is 0 Å². The summed E-state index contributed by atoms with van der Waals surface area (Å²) in [5, 5.41) is 8.46. The van der Waals surface area contributed by atoms with Gasteiger partial charge in [-0.05, 0) is 42.9 Å². The Morgan fingerprint density at radius 1 is 1.33 bits per heavy atom. The maximum Gasteiger partial charge on any atom is 0.113 e. The Morgan fingerprint density at radius 2 is 2.11 bits per heavy atom. The van der Waals surface area contributed by atoms with Crippen molar-refractivity contribution >= 4 is 12.0 Å². The van der Waals surface area contributed by atoms with Crippen LogP contribution in [0.15, 0.2) is 23.2 Å². The summed E-state index contributed by atoms with van der Waals surface area (Å²) in [6.45, 7) is 6.58. The molecule has 0 aliphatic carbocycles. The Balaban J connectivity index is 2.48. The lowest BCUT2D eigenvalue weighted by molar-refractivity contribution is 0.240. The zero-order valence-corrected chi connectivity index (χ0v) is 11.6. The molecule has 1 aromatic rings. The molecular weight excluding hydrogens is 224 g/mol. The highest BCUT2D eigenvalue weighted by Gasteiger charge is 2.00. The summed E-state index contributed by atoms with van der Waals surface area (Å²) >= 11 is 0. The van der Waals surface area contributed by atoms with Crippen LogP contribution in [0, 0.1) is 12.8 Å². The van der Waals surface area contributed by atoms with Gasteiger partial charge in [-0.1, -0.05) is 38.8 Å². The van der Waals surface area contributed by atoms with Gasteiger partial charge in [-0.2, -0.15) is 0 Å². The lowest BCUT2D eigenvalue weighted by Gasteiger charge is -2.06. The van der Waals surface area contributed by atoms with Gasteiger partial charge in [-0.15, -0.1) is 0 Å². The van der Waals surface area contributed by atoms with Gasteiger partial charge in [0.15, 0.2) is 0 Å². The van der Waals surface area contributed by atoms with Gasteiger partial charge < -0.3 is 0 Å². The van der Waals surface area contributed by atoms with Crippen molar-refractivity contribution in [1.29, 1.82) is 0 Å². The molecule has 0 saturated carbocycles. The van der Waals surface area contributed by atoms with Gasteiger partial charge >= 0.3 is 0 Å². The highest BCUT2D eigenvalue weighted by Crippen LogP contribution is 2.20. The molecule has 100 valence electrons. The van der Waals surface area contributed by atoms with E-state index in [1.165, 1.54) is 31.2 Å². The van der Waals surface area contributed by atoms with Gasteiger partial charge in [-0.25, -0.2) is 4.99 Å². The number of aliphatic imine (C=N–C) groups is 1. The van der Waals surface area contributed by atoms with Crippen molar-refractivity contribution in [3.8, 4) is 0 Å². The molecule has 3 nitrogen and oxygen atoms in total. The average Bonchev–Trinajstić information content (AvgIpc) is 2.33. The lowest BCUT2D eigenvalue weighted by atomic mass is 10.0. The molecule has 2 N–H and O–H groups in total. The van der Waals surface area contributed by atoms with E-state index in [1.807, 2.05) is 18.5 Å². The van der Waals surface area contributed by atoms with Crippen molar-refractivity contribution in [1.82, 2.24) is 5.48 Å². The van der Waals surface area contributed by atoms with E-state index >= 15 is 0 Å². The van der Waals surface area contributed by atoms with Crippen LogP contribution in [0.4, 0.5) is 5.69 Å². The van der Waals surface area contributed by atoms with Crippen LogP contribution >= 0.6 is 0 Å². The summed E-state index contributed by atoms with van der Waals surface area (Å²) in [7, 11) is 0. The first-order chi connectivity index (χ1) is 8.63. The first-order valence-electron chi connectivity index (χ1n) is 6.65. The molecule has 0 aliphatic rings. The molecular formula is C15H24N2O. The molecule has 0 aromatic heterocycles. The SMILES string of the molecule is Cc1cc(CCCCC(C)C)ccc1N=CNO. The van der Waals surface area contributed by atoms with E-state index < -0.39 is 0 Å². The number of aryl methyl sites for hydroxylation is 2. The molecule has 0 aliphatic heterocycles. The van der Waals surface area contributed by atoms with E-state index in [1.54, 1.807) is 0 Å². The normalized spacial score (nSPS) is 11.4. The number of hydrogen-bond donors (Lipinski definition) is 2. The number of unbranched alkanes of at least 4 members (excludes halogenated alkanes) is 1. The van der Waals surface area contributed by atoms with Crippen molar-refractivity contribution in [2.24, 2.45) is 10.9 Å². The molecule has 1 rings (SSSR count). The van der Waals surface area contributed by atoms with Gasteiger partial charge in [0.25, 0.3) is 0 Å². The van der Waals surface area contributed by atoms with Gasteiger partial charge in [0.05, 0.1) is 5.69 Å². The van der Waals surface area contributed by atoms with Crippen molar-refractivity contribution in [3.63, 3.8) is 0 Å². The first-order valence-corrected chi connectivity index (χ1v) is 6.65. The zero-order chi connectivity index (χ0) is 13.4. The molecule has 0 atom stereocenters. The van der Waals surface area contributed by atoms with E-state index in [0.717, 1.165) is 23.6 Å². The summed E-state index contributed by atoms with van der Waals surface area (Å²) in [5.74, 6) is 0.800. The molecule has 18 heavy (non-hydrogen) atoms. The van der Waals surface area contributed by atoms with Gasteiger partial charge in [0.1, 0.15) is 6.34 Å². The Labute approximate surface area is 110 Å². The third-order valence-corrected chi connectivity index (χ3v) is 3.02. The van der Waals surface area contributed by atoms with Crippen LogP contribution < -0.4 is 5.48 Å². The Kier molecular flexibility index (Phi) is 6.44.